The van der Waals surface area contributed by atoms with Crippen LogP contribution in [0.15, 0.2) is 24.3 Å². The molecule has 4 nitrogen and oxygen atoms in total. The second-order valence-corrected chi connectivity index (χ2v) is 6.03. The molecule has 4 heteroatoms. The number of benzene rings is 1. The van der Waals surface area contributed by atoms with Crippen LogP contribution in [0.1, 0.15) is 45.1 Å². The standard InChI is InChI=1S/C18H28N2O2/c1-4-18(5-2,15-6-8-16(22-3)9-7-15)20-17(21)14-10-12-19-13-11-14/h6-9,14,19H,4-5,10-13H2,1-3H3,(H,20,21). The van der Waals surface area contributed by atoms with E-state index in [1.165, 1.54) is 0 Å². The lowest BCUT2D eigenvalue weighted by atomic mass is 9.83. The largest absolute Gasteiger partial charge is 0.497 e. The maximum Gasteiger partial charge on any atom is 0.223 e. The molecule has 0 unspecified atom stereocenters. The van der Waals surface area contributed by atoms with Gasteiger partial charge in [-0.25, -0.2) is 0 Å². The van der Waals surface area contributed by atoms with Gasteiger partial charge in [-0.3, -0.25) is 4.79 Å². The number of piperidine rings is 1. The Morgan fingerprint density at radius 1 is 1.23 bits per heavy atom. The number of rotatable bonds is 6. The van der Waals surface area contributed by atoms with Crippen LogP contribution < -0.4 is 15.4 Å². The fraction of sp³-hybridized carbons (Fsp3) is 0.611. The molecule has 0 aliphatic carbocycles. The van der Waals surface area contributed by atoms with Gasteiger partial charge in [-0.15, -0.1) is 0 Å². The normalized spacial score (nSPS) is 16.3. The quantitative estimate of drug-likeness (QED) is 0.849. The van der Waals surface area contributed by atoms with Crippen molar-refractivity contribution in [1.82, 2.24) is 10.6 Å². The Hall–Kier alpha value is -1.55. The van der Waals surface area contributed by atoms with E-state index in [4.69, 9.17) is 4.74 Å². The SMILES string of the molecule is CCC(CC)(NC(=O)C1CCNCC1)c1ccc(OC)cc1. The Bertz CT molecular complexity index is 474. The zero-order chi connectivity index (χ0) is 16.0. The molecule has 122 valence electrons. The summed E-state index contributed by atoms with van der Waals surface area (Å²) < 4.78 is 5.23. The summed E-state index contributed by atoms with van der Waals surface area (Å²) in [5, 5.41) is 6.66. The maximum atomic E-state index is 12.7. The zero-order valence-electron chi connectivity index (χ0n) is 13.9. The minimum atomic E-state index is -0.284. The van der Waals surface area contributed by atoms with Crippen molar-refractivity contribution >= 4 is 5.91 Å². The van der Waals surface area contributed by atoms with Crippen molar-refractivity contribution in [2.75, 3.05) is 20.2 Å². The summed E-state index contributed by atoms with van der Waals surface area (Å²) in [6, 6.07) is 8.06. The molecule has 2 N–H and O–H groups in total. The number of hydrogen-bond acceptors (Lipinski definition) is 3. The minimum absolute atomic E-state index is 0.136. The first kappa shape index (κ1) is 16.8. The molecule has 1 amide bonds. The van der Waals surface area contributed by atoms with Crippen LogP contribution in [0, 0.1) is 5.92 Å². The van der Waals surface area contributed by atoms with Gasteiger partial charge in [-0.1, -0.05) is 26.0 Å². The van der Waals surface area contributed by atoms with Gasteiger partial charge < -0.3 is 15.4 Å². The fourth-order valence-electron chi connectivity index (χ4n) is 3.24. The van der Waals surface area contributed by atoms with E-state index >= 15 is 0 Å². The first-order chi connectivity index (χ1) is 10.6. The van der Waals surface area contributed by atoms with E-state index in [1.54, 1.807) is 7.11 Å². The third kappa shape index (κ3) is 3.61. The van der Waals surface area contributed by atoms with Gasteiger partial charge >= 0.3 is 0 Å². The lowest BCUT2D eigenvalue weighted by Crippen LogP contribution is -2.49. The van der Waals surface area contributed by atoms with Crippen molar-refractivity contribution in [3.8, 4) is 5.75 Å². The molecule has 22 heavy (non-hydrogen) atoms. The second kappa shape index (κ2) is 7.63. The lowest BCUT2D eigenvalue weighted by molar-refractivity contribution is -0.128. The number of carbonyl (C=O) groups is 1. The Labute approximate surface area is 133 Å². The molecule has 1 aromatic carbocycles. The number of methoxy groups -OCH3 is 1. The highest BCUT2D eigenvalue weighted by Gasteiger charge is 2.33. The average Bonchev–Trinajstić information content (AvgIpc) is 2.60. The van der Waals surface area contributed by atoms with E-state index in [0.717, 1.165) is 50.1 Å². The topological polar surface area (TPSA) is 50.4 Å². The minimum Gasteiger partial charge on any atom is -0.497 e. The van der Waals surface area contributed by atoms with Gasteiger partial charge in [0.2, 0.25) is 5.91 Å². The average molecular weight is 304 g/mol. The van der Waals surface area contributed by atoms with E-state index in [0.29, 0.717) is 0 Å². The highest BCUT2D eigenvalue weighted by Crippen LogP contribution is 2.31. The molecule has 0 aromatic heterocycles. The molecule has 1 aliphatic heterocycles. The Morgan fingerprint density at radius 2 is 1.82 bits per heavy atom. The van der Waals surface area contributed by atoms with Crippen molar-refractivity contribution in [3.05, 3.63) is 29.8 Å². The summed E-state index contributed by atoms with van der Waals surface area (Å²) in [4.78, 5) is 12.7. The van der Waals surface area contributed by atoms with Crippen LogP contribution in [0.25, 0.3) is 0 Å². The van der Waals surface area contributed by atoms with Crippen molar-refractivity contribution in [3.63, 3.8) is 0 Å². The molecule has 2 rings (SSSR count). The zero-order valence-corrected chi connectivity index (χ0v) is 13.9. The summed E-state index contributed by atoms with van der Waals surface area (Å²) in [5.74, 6) is 1.17. The number of carbonyl (C=O) groups excluding carboxylic acids is 1. The van der Waals surface area contributed by atoms with Crippen molar-refractivity contribution < 1.29 is 9.53 Å². The molecule has 1 aliphatic rings. The van der Waals surface area contributed by atoms with Crippen LogP contribution >= 0.6 is 0 Å². The van der Waals surface area contributed by atoms with Crippen LogP contribution in [-0.4, -0.2) is 26.1 Å². The summed E-state index contributed by atoms with van der Waals surface area (Å²) in [6.45, 7) is 6.14. The summed E-state index contributed by atoms with van der Waals surface area (Å²) in [7, 11) is 1.67. The van der Waals surface area contributed by atoms with E-state index in [2.05, 4.69) is 36.6 Å². The first-order valence-electron chi connectivity index (χ1n) is 8.32. The third-order valence-corrected chi connectivity index (χ3v) is 4.92. The molecule has 1 fully saturated rings. The second-order valence-electron chi connectivity index (χ2n) is 6.03. The molecule has 1 heterocycles. The van der Waals surface area contributed by atoms with E-state index in [-0.39, 0.29) is 17.4 Å². The van der Waals surface area contributed by atoms with Crippen LogP contribution in [0.4, 0.5) is 0 Å². The molecule has 0 bridgehead atoms. The number of hydrogen-bond donors (Lipinski definition) is 2. The molecular formula is C18H28N2O2. The smallest absolute Gasteiger partial charge is 0.223 e. The Morgan fingerprint density at radius 3 is 2.32 bits per heavy atom. The van der Waals surface area contributed by atoms with Gasteiger partial charge in [0.15, 0.2) is 0 Å². The monoisotopic (exact) mass is 304 g/mol. The van der Waals surface area contributed by atoms with Crippen LogP contribution in [0.2, 0.25) is 0 Å². The van der Waals surface area contributed by atoms with Crippen LogP contribution in [0.5, 0.6) is 5.75 Å². The maximum absolute atomic E-state index is 12.7. The molecule has 1 aromatic rings. The predicted octanol–water partition coefficient (Wildman–Crippen LogP) is 2.83. The van der Waals surface area contributed by atoms with Gasteiger partial charge in [0.1, 0.15) is 5.75 Å². The van der Waals surface area contributed by atoms with Crippen molar-refractivity contribution in [2.45, 2.75) is 45.1 Å². The number of nitrogens with one attached hydrogen (secondary N) is 2. The molecule has 1 saturated heterocycles. The molecule has 0 atom stereocenters. The Kier molecular flexibility index (Phi) is 5.83. The van der Waals surface area contributed by atoms with Gasteiger partial charge in [0.05, 0.1) is 12.6 Å². The summed E-state index contributed by atoms with van der Waals surface area (Å²) >= 11 is 0. The molecule has 0 spiro atoms. The summed E-state index contributed by atoms with van der Waals surface area (Å²) in [5.41, 5.74) is 0.870. The van der Waals surface area contributed by atoms with Gasteiger partial charge in [0.25, 0.3) is 0 Å². The number of ether oxygens (including phenoxy) is 1. The van der Waals surface area contributed by atoms with Gasteiger partial charge in [-0.05, 0) is 56.5 Å². The van der Waals surface area contributed by atoms with Crippen LogP contribution in [-0.2, 0) is 10.3 Å². The molecule has 0 saturated carbocycles. The van der Waals surface area contributed by atoms with Gasteiger partial charge in [0, 0.05) is 5.92 Å². The molecule has 0 radical (unpaired) electrons. The fourth-order valence-corrected chi connectivity index (χ4v) is 3.24. The third-order valence-electron chi connectivity index (χ3n) is 4.92. The van der Waals surface area contributed by atoms with Gasteiger partial charge in [-0.2, -0.15) is 0 Å². The lowest BCUT2D eigenvalue weighted by Gasteiger charge is -2.36. The van der Waals surface area contributed by atoms with E-state index in [9.17, 15) is 4.79 Å². The highest BCUT2D eigenvalue weighted by atomic mass is 16.5. The highest BCUT2D eigenvalue weighted by molar-refractivity contribution is 5.79. The van der Waals surface area contributed by atoms with E-state index in [1.807, 2.05) is 12.1 Å². The number of amides is 1. The molecular weight excluding hydrogens is 276 g/mol. The predicted molar refractivity (Wildman–Crippen MR) is 89.0 cm³/mol. The van der Waals surface area contributed by atoms with Crippen molar-refractivity contribution in [1.29, 1.82) is 0 Å². The van der Waals surface area contributed by atoms with Crippen LogP contribution in [0.3, 0.4) is 0 Å². The van der Waals surface area contributed by atoms with E-state index < -0.39 is 0 Å². The van der Waals surface area contributed by atoms with Crippen molar-refractivity contribution in [2.24, 2.45) is 5.92 Å². The first-order valence-corrected chi connectivity index (χ1v) is 8.32. The Balaban J connectivity index is 2.17. The summed E-state index contributed by atoms with van der Waals surface area (Å²) in [6.07, 6.45) is 3.62.